The zero-order valence-corrected chi connectivity index (χ0v) is 24.7. The molecule has 2 fully saturated rings. The quantitative estimate of drug-likeness (QED) is 0.246. The van der Waals surface area contributed by atoms with Gasteiger partial charge in [-0.15, -0.1) is 5.10 Å². The number of anilines is 1. The Morgan fingerprint density at radius 1 is 1.10 bits per heavy atom. The van der Waals surface area contributed by atoms with Crippen LogP contribution in [0.25, 0.3) is 0 Å². The molecular weight excluding hydrogens is 523 g/mol. The molecule has 40 heavy (non-hydrogen) atoms. The van der Waals surface area contributed by atoms with Gasteiger partial charge in [-0.1, -0.05) is 54.6 Å². The number of carbonyl (C=O) groups excluding carboxylic acids is 1. The summed E-state index contributed by atoms with van der Waals surface area (Å²) in [6.07, 6.45) is 5.63. The van der Waals surface area contributed by atoms with Crippen molar-refractivity contribution in [1.29, 1.82) is 0 Å². The predicted molar refractivity (Wildman–Crippen MR) is 157 cm³/mol. The van der Waals surface area contributed by atoms with Gasteiger partial charge in [0.15, 0.2) is 0 Å². The highest BCUT2D eigenvalue weighted by Crippen LogP contribution is 2.47. The predicted octanol–water partition coefficient (Wildman–Crippen LogP) is 5.50. The van der Waals surface area contributed by atoms with Gasteiger partial charge in [0.2, 0.25) is 14.3 Å². The first-order valence-electron chi connectivity index (χ1n) is 14.5. The molecule has 1 unspecified atom stereocenters. The molecule has 1 aromatic heterocycles. The van der Waals surface area contributed by atoms with E-state index in [9.17, 15) is 9.90 Å². The highest BCUT2D eigenvalue weighted by Gasteiger charge is 2.50. The zero-order chi connectivity index (χ0) is 28.3. The lowest BCUT2D eigenvalue weighted by Crippen LogP contribution is -2.36. The molecule has 214 valence electrons. The Kier molecular flexibility index (Phi) is 8.82. The molecule has 0 aliphatic carbocycles. The van der Waals surface area contributed by atoms with Crippen LogP contribution in [0.15, 0.2) is 60.8 Å². The number of aromatic nitrogens is 3. The second-order valence-electron chi connectivity index (χ2n) is 11.9. The summed E-state index contributed by atoms with van der Waals surface area (Å²) in [5, 5.41) is 18.6. The molecule has 0 radical (unpaired) electrons. The molecule has 2 aromatic carbocycles. The van der Waals surface area contributed by atoms with Crippen molar-refractivity contribution < 1.29 is 18.7 Å². The van der Waals surface area contributed by atoms with E-state index in [-0.39, 0.29) is 42.1 Å². The van der Waals surface area contributed by atoms with E-state index in [1.807, 2.05) is 53.6 Å². The third kappa shape index (κ3) is 6.37. The molecule has 5 rings (SSSR count). The van der Waals surface area contributed by atoms with E-state index in [1.54, 1.807) is 17.8 Å². The number of halogens is 1. The van der Waals surface area contributed by atoms with Crippen LogP contribution >= 0.6 is 0 Å². The highest BCUT2D eigenvalue weighted by atomic mass is 28.4. The number of hydrogen-bond donors (Lipinski definition) is 1. The molecule has 0 spiro atoms. The van der Waals surface area contributed by atoms with Crippen LogP contribution in [-0.2, 0) is 22.5 Å². The van der Waals surface area contributed by atoms with Crippen molar-refractivity contribution in [2.45, 2.75) is 82.3 Å². The van der Waals surface area contributed by atoms with Crippen molar-refractivity contribution in [3.05, 3.63) is 77.6 Å². The Balaban J connectivity index is 1.20. The zero-order valence-electron chi connectivity index (χ0n) is 23.7. The van der Waals surface area contributed by atoms with Gasteiger partial charge in [-0.2, -0.15) is 0 Å². The lowest BCUT2D eigenvalue weighted by Gasteiger charge is -2.28. The van der Waals surface area contributed by atoms with Gasteiger partial charge in [-0.25, -0.2) is 0 Å². The first-order chi connectivity index (χ1) is 19.2. The number of aliphatic hydroxyl groups is 1. The summed E-state index contributed by atoms with van der Waals surface area (Å²) in [6, 6.07) is 18.1. The van der Waals surface area contributed by atoms with Gasteiger partial charge in [-0.3, -0.25) is 9.48 Å². The van der Waals surface area contributed by atoms with E-state index in [0.717, 1.165) is 42.8 Å². The van der Waals surface area contributed by atoms with Crippen molar-refractivity contribution in [2.75, 3.05) is 18.1 Å². The number of amides is 1. The maximum absolute atomic E-state index is 15.6. The number of aryl methyl sites for hydroxylation is 2. The first kappa shape index (κ1) is 28.6. The molecule has 1 N–H and O–H groups in total. The standard InChI is InChI=1S/C31H41FN4O3Si/c1-22-28(16-13-23-11-14-25(15-12-23)36-18-7-10-30(36)38)39-29(31(22)40(2,3)32)17-19-35-20-27(33-34-35)26(21-37)24-8-5-4-6-9-24/h4-6,8-9,11-12,14-15,20,22,26,28-29,31,37H,7,10,13,16-19,21H2,1-3H3/t22-,26?,28+,29-,31+/m1/s1. The Bertz CT molecular complexity index is 1260. The minimum Gasteiger partial charge on any atom is -0.395 e. The van der Waals surface area contributed by atoms with Gasteiger partial charge in [0.25, 0.3) is 0 Å². The summed E-state index contributed by atoms with van der Waals surface area (Å²) in [4.78, 5) is 13.9. The Hall–Kier alpha value is -2.88. The third-order valence-electron chi connectivity index (χ3n) is 8.68. The van der Waals surface area contributed by atoms with Crippen LogP contribution < -0.4 is 4.90 Å². The van der Waals surface area contributed by atoms with E-state index in [1.165, 1.54) is 5.56 Å². The fourth-order valence-electron chi connectivity index (χ4n) is 6.62. The fourth-order valence-corrected chi connectivity index (χ4v) is 9.21. The van der Waals surface area contributed by atoms with Crippen LogP contribution in [0.4, 0.5) is 9.80 Å². The second kappa shape index (κ2) is 12.3. The summed E-state index contributed by atoms with van der Waals surface area (Å²) in [7, 11) is -2.97. The minimum absolute atomic E-state index is 0.000480. The molecule has 2 aliphatic heterocycles. The fraction of sp³-hybridized carbons (Fsp3) is 0.516. The lowest BCUT2D eigenvalue weighted by molar-refractivity contribution is -0.117. The van der Waals surface area contributed by atoms with Gasteiger partial charge < -0.3 is 18.9 Å². The largest absolute Gasteiger partial charge is 0.395 e. The summed E-state index contributed by atoms with van der Waals surface area (Å²) < 4.78 is 23.9. The molecule has 7 nitrogen and oxygen atoms in total. The molecule has 2 saturated heterocycles. The average Bonchev–Trinajstić information content (AvgIpc) is 3.66. The molecule has 9 heteroatoms. The van der Waals surface area contributed by atoms with Crippen molar-refractivity contribution in [1.82, 2.24) is 15.0 Å². The van der Waals surface area contributed by atoms with Crippen LogP contribution in [0.2, 0.25) is 18.6 Å². The molecule has 1 amide bonds. The number of aliphatic hydroxyl groups excluding tert-OH is 1. The number of ether oxygens (including phenoxy) is 1. The lowest BCUT2D eigenvalue weighted by atomic mass is 9.95. The van der Waals surface area contributed by atoms with E-state index < -0.39 is 8.41 Å². The minimum atomic E-state index is -2.97. The summed E-state index contributed by atoms with van der Waals surface area (Å²) in [6.45, 7) is 7.07. The average molecular weight is 565 g/mol. The van der Waals surface area contributed by atoms with Crippen molar-refractivity contribution in [3.8, 4) is 0 Å². The molecule has 0 bridgehead atoms. The third-order valence-corrected chi connectivity index (χ3v) is 11.2. The van der Waals surface area contributed by atoms with Crippen molar-refractivity contribution in [2.24, 2.45) is 5.92 Å². The van der Waals surface area contributed by atoms with Crippen molar-refractivity contribution in [3.63, 3.8) is 0 Å². The molecule has 0 saturated carbocycles. The van der Waals surface area contributed by atoms with Gasteiger partial charge in [-0.05, 0) is 68.0 Å². The topological polar surface area (TPSA) is 80.5 Å². The summed E-state index contributed by atoms with van der Waals surface area (Å²) >= 11 is 0. The molecule has 3 heterocycles. The molecule has 5 atom stereocenters. The Labute approximate surface area is 237 Å². The van der Waals surface area contributed by atoms with Gasteiger partial charge >= 0.3 is 0 Å². The van der Waals surface area contributed by atoms with E-state index in [4.69, 9.17) is 4.74 Å². The van der Waals surface area contributed by atoms with Crippen LogP contribution in [-0.4, -0.2) is 59.8 Å². The second-order valence-corrected chi connectivity index (χ2v) is 15.7. The number of nitrogens with zero attached hydrogens (tertiary/aromatic N) is 4. The number of benzene rings is 2. The van der Waals surface area contributed by atoms with Crippen LogP contribution in [0, 0.1) is 5.92 Å². The maximum Gasteiger partial charge on any atom is 0.246 e. The Morgan fingerprint density at radius 3 is 2.50 bits per heavy atom. The van der Waals surface area contributed by atoms with E-state index in [2.05, 4.69) is 29.4 Å². The van der Waals surface area contributed by atoms with Gasteiger partial charge in [0, 0.05) is 36.9 Å². The SMILES string of the molecule is C[C@H]1[C@H]([Si](C)(C)F)[C@@H](CCn2cc(C(CO)c3ccccc3)nn2)O[C@H]1CCc1ccc(N2CCCC2=O)cc1. The van der Waals surface area contributed by atoms with Crippen molar-refractivity contribution >= 4 is 20.0 Å². The van der Waals surface area contributed by atoms with Gasteiger partial charge in [0.1, 0.15) is 0 Å². The maximum atomic E-state index is 15.6. The number of rotatable bonds is 11. The molecular formula is C31H41FN4O3Si. The van der Waals surface area contributed by atoms with Crippen LogP contribution in [0.1, 0.15) is 55.3 Å². The monoisotopic (exact) mass is 564 g/mol. The number of hydrogen-bond acceptors (Lipinski definition) is 5. The Morgan fingerprint density at radius 2 is 1.85 bits per heavy atom. The summed E-state index contributed by atoms with van der Waals surface area (Å²) in [5.41, 5.74) is 3.81. The number of carbonyl (C=O) groups is 1. The normalized spacial score (nSPS) is 24.1. The van der Waals surface area contributed by atoms with Crippen LogP contribution in [0.5, 0.6) is 0 Å². The first-order valence-corrected chi connectivity index (χ1v) is 17.5. The van der Waals surface area contributed by atoms with Crippen LogP contribution in [0.3, 0.4) is 0 Å². The van der Waals surface area contributed by atoms with Gasteiger partial charge in [0.05, 0.1) is 30.4 Å². The molecule has 2 aliphatic rings. The highest BCUT2D eigenvalue weighted by molar-refractivity contribution is 6.72. The molecule has 3 aromatic rings. The van der Waals surface area contributed by atoms with E-state index >= 15 is 4.11 Å². The summed E-state index contributed by atoms with van der Waals surface area (Å²) in [5.74, 6) is 0.112. The van der Waals surface area contributed by atoms with E-state index in [0.29, 0.717) is 19.4 Å². The smallest absolute Gasteiger partial charge is 0.246 e.